The fourth-order valence-corrected chi connectivity index (χ4v) is 3.31. The van der Waals surface area contributed by atoms with Crippen LogP contribution in [0, 0.1) is 0 Å². The molecule has 0 bridgehead atoms. The van der Waals surface area contributed by atoms with Gasteiger partial charge >= 0.3 is 0 Å². The largest absolute Gasteiger partial charge is 0.366 e. The van der Waals surface area contributed by atoms with Gasteiger partial charge in [0.1, 0.15) is 5.82 Å². The summed E-state index contributed by atoms with van der Waals surface area (Å²) in [6.45, 7) is 8.59. The second-order valence-corrected chi connectivity index (χ2v) is 7.99. The Morgan fingerprint density at radius 3 is 2.85 bits per heavy atom. The third-order valence-electron chi connectivity index (χ3n) is 4.82. The molecule has 0 radical (unpaired) electrons. The molecule has 1 fully saturated rings. The third-order valence-corrected chi connectivity index (χ3v) is 4.82. The summed E-state index contributed by atoms with van der Waals surface area (Å²) in [5.41, 5.74) is 3.76. The van der Waals surface area contributed by atoms with E-state index in [2.05, 4.69) is 52.0 Å². The lowest BCUT2D eigenvalue weighted by Crippen LogP contribution is -2.38. The molecule has 1 unspecified atom stereocenters. The minimum atomic E-state index is -0.0133. The SMILES string of the molecule is CC(C)(C)c1cn2c(-c3cccc(NC4CCCNC4)n3)cnc2cn1. The van der Waals surface area contributed by atoms with Gasteiger partial charge < -0.3 is 10.6 Å². The summed E-state index contributed by atoms with van der Waals surface area (Å²) in [6, 6.07) is 6.55. The van der Waals surface area contributed by atoms with Gasteiger partial charge in [-0.05, 0) is 31.5 Å². The van der Waals surface area contributed by atoms with Crippen molar-refractivity contribution in [2.45, 2.75) is 45.1 Å². The molecular formula is C20H26N6. The van der Waals surface area contributed by atoms with Gasteiger partial charge in [0.15, 0.2) is 5.65 Å². The van der Waals surface area contributed by atoms with Gasteiger partial charge in [-0.3, -0.25) is 9.38 Å². The number of piperidine rings is 1. The topological polar surface area (TPSA) is 67.1 Å². The van der Waals surface area contributed by atoms with Crippen molar-refractivity contribution < 1.29 is 0 Å². The molecule has 136 valence electrons. The van der Waals surface area contributed by atoms with Gasteiger partial charge in [0, 0.05) is 24.2 Å². The molecule has 3 aromatic rings. The van der Waals surface area contributed by atoms with Gasteiger partial charge in [-0.25, -0.2) is 9.97 Å². The molecule has 6 nitrogen and oxygen atoms in total. The second kappa shape index (κ2) is 6.68. The van der Waals surface area contributed by atoms with Crippen molar-refractivity contribution in [2.75, 3.05) is 18.4 Å². The normalized spacial score (nSPS) is 18.2. The van der Waals surface area contributed by atoms with Gasteiger partial charge in [-0.15, -0.1) is 0 Å². The van der Waals surface area contributed by atoms with Crippen molar-refractivity contribution in [2.24, 2.45) is 0 Å². The van der Waals surface area contributed by atoms with Crippen LogP contribution < -0.4 is 10.6 Å². The summed E-state index contributed by atoms with van der Waals surface area (Å²) >= 11 is 0. The van der Waals surface area contributed by atoms with E-state index in [1.807, 2.05) is 30.6 Å². The maximum Gasteiger partial charge on any atom is 0.155 e. The summed E-state index contributed by atoms with van der Waals surface area (Å²) < 4.78 is 2.09. The minimum absolute atomic E-state index is 0.0133. The molecule has 1 aliphatic rings. The van der Waals surface area contributed by atoms with Gasteiger partial charge in [0.2, 0.25) is 0 Å². The Hall–Kier alpha value is -2.47. The summed E-state index contributed by atoms with van der Waals surface area (Å²) in [6.07, 6.45) is 8.16. The number of imidazole rings is 1. The maximum absolute atomic E-state index is 4.83. The average Bonchev–Trinajstić information content (AvgIpc) is 3.05. The molecule has 0 aliphatic carbocycles. The number of hydrogen-bond acceptors (Lipinski definition) is 5. The molecular weight excluding hydrogens is 324 g/mol. The molecule has 3 aromatic heterocycles. The number of fused-ring (bicyclic) bond motifs is 1. The molecule has 0 spiro atoms. The number of aromatic nitrogens is 4. The Kier molecular flexibility index (Phi) is 4.36. The van der Waals surface area contributed by atoms with Crippen LogP contribution in [0.5, 0.6) is 0 Å². The smallest absolute Gasteiger partial charge is 0.155 e. The standard InChI is InChI=1S/C20H26N6/c1-20(2,3)17-13-26-16(11-23-19(26)12-22-17)15-7-4-8-18(25-15)24-14-6-5-9-21-10-14/h4,7-8,11-14,21H,5-6,9-10H2,1-3H3,(H,24,25). The highest BCUT2D eigenvalue weighted by Crippen LogP contribution is 2.24. The summed E-state index contributed by atoms with van der Waals surface area (Å²) in [7, 11) is 0. The predicted octanol–water partition coefficient (Wildman–Crippen LogP) is 3.25. The zero-order valence-electron chi connectivity index (χ0n) is 15.7. The zero-order valence-corrected chi connectivity index (χ0v) is 15.7. The number of nitrogens with one attached hydrogen (secondary N) is 2. The third kappa shape index (κ3) is 3.42. The molecule has 1 atom stereocenters. The van der Waals surface area contributed by atoms with Gasteiger partial charge in [0.25, 0.3) is 0 Å². The van der Waals surface area contributed by atoms with Crippen molar-refractivity contribution in [3.8, 4) is 11.4 Å². The van der Waals surface area contributed by atoms with Gasteiger partial charge in [-0.2, -0.15) is 0 Å². The fraction of sp³-hybridized carbons (Fsp3) is 0.450. The van der Waals surface area contributed by atoms with E-state index < -0.39 is 0 Å². The summed E-state index contributed by atoms with van der Waals surface area (Å²) in [5.74, 6) is 0.913. The van der Waals surface area contributed by atoms with E-state index in [0.29, 0.717) is 6.04 Å². The summed E-state index contributed by atoms with van der Waals surface area (Å²) in [5, 5.41) is 6.98. The molecule has 26 heavy (non-hydrogen) atoms. The zero-order chi connectivity index (χ0) is 18.1. The van der Waals surface area contributed by atoms with Crippen LogP contribution >= 0.6 is 0 Å². The Balaban J connectivity index is 1.67. The van der Waals surface area contributed by atoms with E-state index in [9.17, 15) is 0 Å². The lowest BCUT2D eigenvalue weighted by atomic mass is 9.93. The van der Waals surface area contributed by atoms with Crippen molar-refractivity contribution in [3.05, 3.63) is 42.5 Å². The van der Waals surface area contributed by atoms with Crippen LogP contribution in [0.15, 0.2) is 36.8 Å². The first-order valence-electron chi connectivity index (χ1n) is 9.29. The van der Waals surface area contributed by atoms with E-state index in [4.69, 9.17) is 4.98 Å². The van der Waals surface area contributed by atoms with E-state index in [1.54, 1.807) is 0 Å². The van der Waals surface area contributed by atoms with Gasteiger partial charge in [0.05, 0.1) is 29.5 Å². The van der Waals surface area contributed by atoms with Crippen LogP contribution in [0.4, 0.5) is 5.82 Å². The van der Waals surface area contributed by atoms with Crippen molar-refractivity contribution in [1.82, 2.24) is 24.7 Å². The highest BCUT2D eigenvalue weighted by atomic mass is 15.1. The van der Waals surface area contributed by atoms with E-state index in [1.165, 1.54) is 12.8 Å². The number of pyridine rings is 1. The maximum atomic E-state index is 4.83. The Bertz CT molecular complexity index is 902. The Morgan fingerprint density at radius 2 is 2.08 bits per heavy atom. The molecule has 1 saturated heterocycles. The van der Waals surface area contributed by atoms with Crippen LogP contribution in [0.2, 0.25) is 0 Å². The number of rotatable bonds is 3. The van der Waals surface area contributed by atoms with E-state index in [0.717, 1.165) is 41.6 Å². The number of hydrogen-bond donors (Lipinski definition) is 2. The molecule has 0 aromatic carbocycles. The molecule has 2 N–H and O–H groups in total. The fourth-order valence-electron chi connectivity index (χ4n) is 3.31. The Morgan fingerprint density at radius 1 is 1.19 bits per heavy atom. The highest BCUT2D eigenvalue weighted by Gasteiger charge is 2.18. The Labute approximate surface area is 154 Å². The highest BCUT2D eigenvalue weighted by molar-refractivity contribution is 5.61. The molecule has 0 amide bonds. The van der Waals surface area contributed by atoms with E-state index >= 15 is 0 Å². The molecule has 0 saturated carbocycles. The molecule has 1 aliphatic heterocycles. The first kappa shape index (κ1) is 17.0. The lowest BCUT2D eigenvalue weighted by molar-refractivity contribution is 0.479. The van der Waals surface area contributed by atoms with Crippen LogP contribution in [0.3, 0.4) is 0 Å². The molecule has 4 rings (SSSR count). The second-order valence-electron chi connectivity index (χ2n) is 7.99. The minimum Gasteiger partial charge on any atom is -0.366 e. The summed E-state index contributed by atoms with van der Waals surface area (Å²) in [4.78, 5) is 13.9. The van der Waals surface area contributed by atoms with Crippen molar-refractivity contribution in [1.29, 1.82) is 0 Å². The van der Waals surface area contributed by atoms with Crippen molar-refractivity contribution >= 4 is 11.5 Å². The molecule has 4 heterocycles. The monoisotopic (exact) mass is 350 g/mol. The average molecular weight is 350 g/mol. The molecule has 6 heteroatoms. The quantitative estimate of drug-likeness (QED) is 0.759. The number of nitrogens with zero attached hydrogens (tertiary/aromatic N) is 4. The first-order chi connectivity index (χ1) is 12.5. The van der Waals surface area contributed by atoms with Crippen LogP contribution in [0.1, 0.15) is 39.3 Å². The van der Waals surface area contributed by atoms with Crippen LogP contribution in [-0.2, 0) is 5.41 Å². The van der Waals surface area contributed by atoms with Crippen molar-refractivity contribution in [3.63, 3.8) is 0 Å². The first-order valence-corrected chi connectivity index (χ1v) is 9.29. The lowest BCUT2D eigenvalue weighted by Gasteiger charge is -2.24. The van der Waals surface area contributed by atoms with E-state index in [-0.39, 0.29) is 5.41 Å². The van der Waals surface area contributed by atoms with Gasteiger partial charge in [-0.1, -0.05) is 26.8 Å². The van der Waals surface area contributed by atoms with Crippen LogP contribution in [-0.4, -0.2) is 38.5 Å². The van der Waals surface area contributed by atoms with Crippen LogP contribution in [0.25, 0.3) is 17.0 Å². The predicted molar refractivity (Wildman–Crippen MR) is 104 cm³/mol. The number of anilines is 1.